The normalized spacial score (nSPS) is 19.9. The van der Waals surface area contributed by atoms with E-state index < -0.39 is 0 Å². The smallest absolute Gasteiger partial charge is 0.0393 e. The van der Waals surface area contributed by atoms with Crippen LogP contribution < -0.4 is 0 Å². The van der Waals surface area contributed by atoms with Gasteiger partial charge in [-0.25, -0.2) is 0 Å². The van der Waals surface area contributed by atoms with Crippen LogP contribution in [0.4, 0.5) is 0 Å². The monoisotopic (exact) mass is 128 g/mol. The van der Waals surface area contributed by atoms with Crippen LogP contribution in [0.5, 0.6) is 0 Å². The first-order chi connectivity index (χ1) is 3.88. The zero-order valence-corrected chi connectivity index (χ0v) is 7.14. The maximum Gasteiger partial charge on any atom is 0.0393 e. The quantitative estimate of drug-likeness (QED) is 0.512. The van der Waals surface area contributed by atoms with Crippen LogP contribution in [0.3, 0.4) is 0 Å². The zero-order chi connectivity index (χ0) is 5.98. The first-order valence-corrected chi connectivity index (χ1v) is 6.18. The second-order valence-corrected chi connectivity index (χ2v) is 7.01. The molecule has 0 heterocycles. The van der Waals surface area contributed by atoms with Gasteiger partial charge in [-0.2, -0.15) is 0 Å². The molecule has 0 unspecified atom stereocenters. The number of rotatable bonds is 3. The summed E-state index contributed by atoms with van der Waals surface area (Å²) in [5.74, 6) is 0. The van der Waals surface area contributed by atoms with Gasteiger partial charge in [0, 0.05) is 8.80 Å². The highest BCUT2D eigenvalue weighted by Gasteiger charge is 2.29. The highest BCUT2D eigenvalue weighted by Crippen LogP contribution is 2.41. The fraction of sp³-hybridized carbons (Fsp3) is 1.00. The Morgan fingerprint density at radius 3 is 1.88 bits per heavy atom. The molecule has 0 aliphatic heterocycles. The predicted molar refractivity (Wildman–Crippen MR) is 41.1 cm³/mol. The van der Waals surface area contributed by atoms with Crippen molar-refractivity contribution in [1.29, 1.82) is 0 Å². The summed E-state index contributed by atoms with van der Waals surface area (Å²) < 4.78 is 0. The van der Waals surface area contributed by atoms with Crippen molar-refractivity contribution in [3.05, 3.63) is 0 Å². The van der Waals surface area contributed by atoms with Gasteiger partial charge in [-0.1, -0.05) is 38.8 Å². The van der Waals surface area contributed by atoms with Crippen molar-refractivity contribution in [2.75, 3.05) is 0 Å². The largest absolute Gasteiger partial charge is 0.0680 e. The van der Waals surface area contributed by atoms with Crippen LogP contribution in [0.15, 0.2) is 0 Å². The van der Waals surface area contributed by atoms with E-state index in [2.05, 4.69) is 13.8 Å². The molecule has 1 aliphatic rings. The second kappa shape index (κ2) is 2.67. The van der Waals surface area contributed by atoms with Crippen molar-refractivity contribution < 1.29 is 0 Å². The van der Waals surface area contributed by atoms with Gasteiger partial charge in [-0.05, 0) is 5.54 Å². The average Bonchev–Trinajstić information content (AvgIpc) is 2.53. The van der Waals surface area contributed by atoms with Crippen LogP contribution in [0.2, 0.25) is 17.6 Å². The molecule has 0 saturated heterocycles. The minimum atomic E-state index is -0.154. The molecule has 0 aromatic carbocycles. The third-order valence-corrected chi connectivity index (χ3v) is 6.43. The van der Waals surface area contributed by atoms with E-state index in [4.69, 9.17) is 0 Å². The maximum absolute atomic E-state index is 2.37. The lowest BCUT2D eigenvalue weighted by molar-refractivity contribution is 1.22. The molecule has 1 aliphatic carbocycles. The van der Waals surface area contributed by atoms with Gasteiger partial charge in [0.25, 0.3) is 0 Å². The van der Waals surface area contributed by atoms with E-state index in [0.717, 1.165) is 0 Å². The van der Waals surface area contributed by atoms with E-state index in [0.29, 0.717) is 0 Å². The third kappa shape index (κ3) is 1.34. The Bertz CT molecular complexity index is 62.8. The molecule has 1 heteroatoms. The maximum atomic E-state index is 2.37. The number of hydrogen-bond donors (Lipinski definition) is 0. The van der Waals surface area contributed by atoms with E-state index >= 15 is 0 Å². The molecule has 0 aromatic heterocycles. The van der Waals surface area contributed by atoms with Crippen molar-refractivity contribution in [3.8, 4) is 0 Å². The predicted octanol–water partition coefficient (Wildman–Crippen LogP) is 2.42. The summed E-state index contributed by atoms with van der Waals surface area (Å²) in [6, 6.07) is 3.09. The van der Waals surface area contributed by atoms with Crippen LogP contribution in [0.25, 0.3) is 0 Å². The molecule has 48 valence electrons. The molecule has 1 rings (SSSR count). The summed E-state index contributed by atoms with van der Waals surface area (Å²) in [4.78, 5) is 0. The fourth-order valence-electron chi connectivity index (χ4n) is 1.52. The summed E-state index contributed by atoms with van der Waals surface area (Å²) in [5.41, 5.74) is 1.27. The van der Waals surface area contributed by atoms with Gasteiger partial charge in [0.1, 0.15) is 0 Å². The van der Waals surface area contributed by atoms with Crippen molar-refractivity contribution in [3.63, 3.8) is 0 Å². The van der Waals surface area contributed by atoms with Gasteiger partial charge in [-0.15, -0.1) is 0 Å². The highest BCUT2D eigenvalue weighted by molar-refractivity contribution is 6.61. The van der Waals surface area contributed by atoms with Crippen molar-refractivity contribution in [2.24, 2.45) is 0 Å². The van der Waals surface area contributed by atoms with Crippen LogP contribution >= 0.6 is 0 Å². The fourth-order valence-corrected chi connectivity index (χ4v) is 4.57. The molecule has 0 amide bonds. The summed E-state index contributed by atoms with van der Waals surface area (Å²) >= 11 is 0. The Morgan fingerprint density at radius 1 is 1.25 bits per heavy atom. The molecular formula is C7H16Si. The third-order valence-electron chi connectivity index (χ3n) is 2.34. The summed E-state index contributed by atoms with van der Waals surface area (Å²) in [6.07, 6.45) is 3.16. The van der Waals surface area contributed by atoms with Gasteiger partial charge in [-0.3, -0.25) is 0 Å². The molecule has 1 fully saturated rings. The van der Waals surface area contributed by atoms with Gasteiger partial charge in [0.2, 0.25) is 0 Å². The van der Waals surface area contributed by atoms with Crippen LogP contribution in [0, 0.1) is 0 Å². The van der Waals surface area contributed by atoms with Crippen LogP contribution in [-0.4, -0.2) is 8.80 Å². The number of hydrogen-bond acceptors (Lipinski definition) is 0. The minimum absolute atomic E-state index is 0.154. The molecule has 0 bridgehead atoms. The van der Waals surface area contributed by atoms with E-state index in [-0.39, 0.29) is 8.80 Å². The summed E-state index contributed by atoms with van der Waals surface area (Å²) in [5, 5.41) is 0. The van der Waals surface area contributed by atoms with Gasteiger partial charge in [0.05, 0.1) is 0 Å². The standard InChI is InChI=1S/C7H16Si/c1-3-8(4-2)7-5-6-7/h7-8H,3-6H2,1-2H3. The van der Waals surface area contributed by atoms with E-state index in [1.807, 2.05) is 0 Å². The Balaban J connectivity index is 2.15. The first kappa shape index (κ1) is 6.34. The molecule has 0 radical (unpaired) electrons. The van der Waals surface area contributed by atoms with Crippen LogP contribution in [-0.2, 0) is 0 Å². The molecule has 1 saturated carbocycles. The molecule has 0 nitrogen and oxygen atoms in total. The van der Waals surface area contributed by atoms with Crippen molar-refractivity contribution in [1.82, 2.24) is 0 Å². The van der Waals surface area contributed by atoms with Crippen LogP contribution in [0.1, 0.15) is 26.7 Å². The molecule has 0 atom stereocenters. The molecule has 0 aromatic rings. The lowest BCUT2D eigenvalue weighted by Gasteiger charge is -2.05. The van der Waals surface area contributed by atoms with E-state index in [1.165, 1.54) is 5.54 Å². The second-order valence-electron chi connectivity index (χ2n) is 2.91. The SMILES string of the molecule is CC[SiH](CC)C1CC1. The van der Waals surface area contributed by atoms with Gasteiger partial charge in [0.15, 0.2) is 0 Å². The van der Waals surface area contributed by atoms with E-state index in [1.54, 1.807) is 24.9 Å². The Hall–Kier alpha value is 0.217. The van der Waals surface area contributed by atoms with Gasteiger partial charge >= 0.3 is 0 Å². The molecule has 8 heavy (non-hydrogen) atoms. The topological polar surface area (TPSA) is 0 Å². The summed E-state index contributed by atoms with van der Waals surface area (Å²) in [6.45, 7) is 4.75. The van der Waals surface area contributed by atoms with Crippen molar-refractivity contribution >= 4 is 8.80 Å². The minimum Gasteiger partial charge on any atom is -0.0680 e. The zero-order valence-electron chi connectivity index (χ0n) is 5.98. The van der Waals surface area contributed by atoms with Gasteiger partial charge < -0.3 is 0 Å². The average molecular weight is 128 g/mol. The Labute approximate surface area is 53.9 Å². The van der Waals surface area contributed by atoms with Crippen molar-refractivity contribution in [2.45, 2.75) is 44.3 Å². The highest BCUT2D eigenvalue weighted by atomic mass is 28.3. The molecular weight excluding hydrogens is 112 g/mol. The van der Waals surface area contributed by atoms with E-state index in [9.17, 15) is 0 Å². The summed E-state index contributed by atoms with van der Waals surface area (Å²) in [7, 11) is -0.154. The Kier molecular flexibility index (Phi) is 2.12. The Morgan fingerprint density at radius 2 is 1.75 bits per heavy atom. The lowest BCUT2D eigenvalue weighted by atomic mass is 10.9. The first-order valence-electron chi connectivity index (χ1n) is 3.88. The lowest BCUT2D eigenvalue weighted by Crippen LogP contribution is -2.07. The molecule has 0 N–H and O–H groups in total. The molecule has 0 spiro atoms.